The first kappa shape index (κ1) is 21.2. The zero-order valence-corrected chi connectivity index (χ0v) is 19.1. The highest BCUT2D eigenvalue weighted by Crippen LogP contribution is 2.32. The fourth-order valence-corrected chi connectivity index (χ4v) is 4.22. The van der Waals surface area contributed by atoms with Crippen LogP contribution >= 0.6 is 0 Å². The van der Waals surface area contributed by atoms with E-state index in [0.717, 1.165) is 46.3 Å². The number of H-pyrrole nitrogens is 2. The summed E-state index contributed by atoms with van der Waals surface area (Å²) in [7, 11) is 0. The van der Waals surface area contributed by atoms with Crippen molar-refractivity contribution in [1.82, 2.24) is 35.1 Å². The van der Waals surface area contributed by atoms with Crippen molar-refractivity contribution in [3.63, 3.8) is 0 Å². The van der Waals surface area contributed by atoms with E-state index in [0.29, 0.717) is 42.5 Å². The van der Waals surface area contributed by atoms with Gasteiger partial charge in [-0.2, -0.15) is 5.10 Å². The van der Waals surface area contributed by atoms with E-state index in [1.165, 1.54) is 0 Å². The van der Waals surface area contributed by atoms with Crippen molar-refractivity contribution < 1.29 is 9.53 Å². The molecule has 1 aliphatic heterocycles. The molecule has 5 aromatic rings. The molecule has 3 N–H and O–H groups in total. The molecule has 0 aromatic carbocycles. The number of aromatic nitrogens is 7. The van der Waals surface area contributed by atoms with Crippen LogP contribution in [0.25, 0.3) is 44.7 Å². The van der Waals surface area contributed by atoms with E-state index in [4.69, 9.17) is 9.72 Å². The van der Waals surface area contributed by atoms with Gasteiger partial charge in [-0.05, 0) is 12.1 Å². The summed E-state index contributed by atoms with van der Waals surface area (Å²) in [5.41, 5.74) is 6.32. The lowest BCUT2D eigenvalue weighted by Crippen LogP contribution is -2.36. The predicted molar refractivity (Wildman–Crippen MR) is 132 cm³/mol. The molecule has 11 nitrogen and oxygen atoms in total. The first-order valence-electron chi connectivity index (χ1n) is 11.5. The second-order valence-corrected chi connectivity index (χ2v) is 8.30. The number of imidazole rings is 1. The Bertz CT molecular complexity index is 1530. The van der Waals surface area contributed by atoms with E-state index in [1.54, 1.807) is 24.8 Å². The summed E-state index contributed by atoms with van der Waals surface area (Å²) in [5, 5.41) is 11.2. The highest BCUT2D eigenvalue weighted by Gasteiger charge is 2.19. The van der Waals surface area contributed by atoms with Crippen LogP contribution in [0.5, 0.6) is 0 Å². The summed E-state index contributed by atoms with van der Waals surface area (Å²) in [4.78, 5) is 35.5. The van der Waals surface area contributed by atoms with Crippen LogP contribution in [0.3, 0.4) is 0 Å². The molecule has 0 aliphatic carbocycles. The molecule has 1 aliphatic rings. The van der Waals surface area contributed by atoms with Crippen LogP contribution < -0.4 is 10.2 Å². The Hall–Kier alpha value is -4.38. The molecule has 0 spiro atoms. The highest BCUT2D eigenvalue weighted by atomic mass is 16.5. The Morgan fingerprint density at radius 1 is 1.09 bits per heavy atom. The van der Waals surface area contributed by atoms with Crippen LogP contribution in [0, 0.1) is 0 Å². The fraction of sp³-hybridized carbons (Fsp3) is 0.250. The van der Waals surface area contributed by atoms with Crippen molar-refractivity contribution in [1.29, 1.82) is 0 Å². The van der Waals surface area contributed by atoms with Gasteiger partial charge in [0.2, 0.25) is 5.91 Å². The third kappa shape index (κ3) is 3.95. The molecular formula is C24H23N9O2. The quantitative estimate of drug-likeness (QED) is 0.357. The standard InChI is InChI=1S/C24H23N9O2/c1-2-20(34)28-16-7-14(9-25-11-16)15-8-17-21(31-32-23(17)27-10-15)24-29-18-12-26-13-19(22(18)30-24)33-3-5-35-6-4-33/h7-13H,2-6H2,1H3,(H,28,34)(H,29,30)(H,27,31,32). The molecule has 35 heavy (non-hydrogen) atoms. The Morgan fingerprint density at radius 3 is 2.77 bits per heavy atom. The number of hydrogen-bond donors (Lipinski definition) is 3. The number of pyridine rings is 3. The van der Waals surface area contributed by atoms with Crippen molar-refractivity contribution in [3.8, 4) is 22.6 Å². The lowest BCUT2D eigenvalue weighted by Gasteiger charge is -2.28. The van der Waals surface area contributed by atoms with Crippen molar-refractivity contribution in [2.24, 2.45) is 0 Å². The molecule has 5 aromatic heterocycles. The van der Waals surface area contributed by atoms with Gasteiger partial charge in [-0.3, -0.25) is 19.9 Å². The van der Waals surface area contributed by atoms with Crippen LogP contribution in [0.15, 0.2) is 43.1 Å². The average molecular weight is 470 g/mol. The summed E-state index contributed by atoms with van der Waals surface area (Å²) in [5.74, 6) is 0.570. The Morgan fingerprint density at radius 2 is 1.91 bits per heavy atom. The van der Waals surface area contributed by atoms with E-state index >= 15 is 0 Å². The molecule has 11 heteroatoms. The molecule has 176 valence electrons. The Labute approximate surface area is 200 Å². The minimum absolute atomic E-state index is 0.0644. The van der Waals surface area contributed by atoms with E-state index in [2.05, 4.69) is 40.3 Å². The molecule has 0 saturated carbocycles. The Balaban J connectivity index is 1.39. The third-order valence-corrected chi connectivity index (χ3v) is 6.04. The fourth-order valence-electron chi connectivity index (χ4n) is 4.22. The van der Waals surface area contributed by atoms with Gasteiger partial charge in [0.05, 0.1) is 54.1 Å². The second-order valence-electron chi connectivity index (χ2n) is 8.30. The maximum Gasteiger partial charge on any atom is 0.224 e. The molecule has 6 rings (SSSR count). The van der Waals surface area contributed by atoms with Crippen molar-refractivity contribution in [2.75, 3.05) is 36.5 Å². The van der Waals surface area contributed by atoms with Gasteiger partial charge in [-0.25, -0.2) is 9.97 Å². The second kappa shape index (κ2) is 8.76. The molecule has 1 saturated heterocycles. The van der Waals surface area contributed by atoms with Crippen LogP contribution in [0.1, 0.15) is 13.3 Å². The number of fused-ring (bicyclic) bond motifs is 2. The van der Waals surface area contributed by atoms with Gasteiger partial charge in [0, 0.05) is 43.0 Å². The number of carbonyl (C=O) groups is 1. The van der Waals surface area contributed by atoms with Crippen molar-refractivity contribution in [2.45, 2.75) is 13.3 Å². The number of morpholine rings is 1. The number of nitrogens with one attached hydrogen (secondary N) is 3. The number of nitrogens with zero attached hydrogens (tertiary/aromatic N) is 6. The van der Waals surface area contributed by atoms with Gasteiger partial charge < -0.3 is 19.9 Å². The maximum absolute atomic E-state index is 11.8. The number of hydrogen-bond acceptors (Lipinski definition) is 8. The lowest BCUT2D eigenvalue weighted by atomic mass is 10.1. The summed E-state index contributed by atoms with van der Waals surface area (Å²) >= 11 is 0. The highest BCUT2D eigenvalue weighted by molar-refractivity contribution is 5.96. The number of amides is 1. The molecule has 0 radical (unpaired) electrons. The van der Waals surface area contributed by atoms with Crippen molar-refractivity contribution >= 4 is 39.3 Å². The summed E-state index contributed by atoms with van der Waals surface area (Å²) < 4.78 is 5.49. The van der Waals surface area contributed by atoms with E-state index in [9.17, 15) is 4.79 Å². The summed E-state index contributed by atoms with van der Waals surface area (Å²) in [6.07, 6.45) is 9.14. The molecular weight excluding hydrogens is 446 g/mol. The first-order valence-corrected chi connectivity index (χ1v) is 11.5. The lowest BCUT2D eigenvalue weighted by molar-refractivity contribution is -0.115. The summed E-state index contributed by atoms with van der Waals surface area (Å²) in [6, 6.07) is 3.88. The molecule has 1 amide bonds. The minimum Gasteiger partial charge on any atom is -0.378 e. The number of rotatable bonds is 5. The van der Waals surface area contributed by atoms with Crippen LogP contribution in [0.4, 0.5) is 11.4 Å². The third-order valence-electron chi connectivity index (χ3n) is 6.04. The first-order chi connectivity index (χ1) is 17.2. The van der Waals surface area contributed by atoms with Gasteiger partial charge in [0.1, 0.15) is 11.2 Å². The molecule has 6 heterocycles. The maximum atomic E-state index is 11.8. The van der Waals surface area contributed by atoms with E-state index in [1.807, 2.05) is 25.3 Å². The SMILES string of the molecule is CCC(=O)Nc1cncc(-c2cnc3[nH]nc(-c4nc5c(N6CCOCC6)cncc5[nH]4)c3c2)c1. The monoisotopic (exact) mass is 469 g/mol. The van der Waals surface area contributed by atoms with E-state index < -0.39 is 0 Å². The van der Waals surface area contributed by atoms with E-state index in [-0.39, 0.29) is 5.91 Å². The summed E-state index contributed by atoms with van der Waals surface area (Å²) in [6.45, 7) is 4.78. The zero-order valence-electron chi connectivity index (χ0n) is 19.1. The number of carbonyl (C=O) groups excluding carboxylic acids is 1. The number of ether oxygens (including phenoxy) is 1. The molecule has 0 unspecified atom stereocenters. The molecule has 0 atom stereocenters. The van der Waals surface area contributed by atoms with Crippen molar-refractivity contribution in [3.05, 3.63) is 43.1 Å². The van der Waals surface area contributed by atoms with Gasteiger partial charge >= 0.3 is 0 Å². The Kier molecular flexibility index (Phi) is 5.30. The predicted octanol–water partition coefficient (Wildman–Crippen LogP) is 3.14. The van der Waals surface area contributed by atoms with Gasteiger partial charge in [-0.1, -0.05) is 6.92 Å². The minimum atomic E-state index is -0.0644. The smallest absolute Gasteiger partial charge is 0.224 e. The van der Waals surface area contributed by atoms with Gasteiger partial charge in [0.15, 0.2) is 11.5 Å². The van der Waals surface area contributed by atoms with Crippen LogP contribution in [-0.2, 0) is 9.53 Å². The molecule has 1 fully saturated rings. The van der Waals surface area contributed by atoms with Gasteiger partial charge in [-0.15, -0.1) is 0 Å². The normalized spacial score (nSPS) is 14.0. The van der Waals surface area contributed by atoms with Crippen LogP contribution in [0.2, 0.25) is 0 Å². The van der Waals surface area contributed by atoms with Gasteiger partial charge in [0.25, 0.3) is 0 Å². The number of aromatic amines is 2. The topological polar surface area (TPSA) is 138 Å². The average Bonchev–Trinajstić information content (AvgIpc) is 3.53. The zero-order chi connectivity index (χ0) is 23.8. The molecule has 0 bridgehead atoms. The largest absolute Gasteiger partial charge is 0.378 e. The van der Waals surface area contributed by atoms with Crippen LogP contribution in [-0.4, -0.2) is 67.3 Å². The number of anilines is 2.